The Labute approximate surface area is 167 Å². The fraction of sp³-hybridized carbons (Fsp3) is 0.136. The molecule has 1 heterocycles. The lowest BCUT2D eigenvalue weighted by atomic mass is 9.95. The molecule has 1 aliphatic heterocycles. The molecule has 0 saturated carbocycles. The molecular formula is C22H18N2O5. The molecule has 0 saturated heterocycles. The van der Waals surface area contributed by atoms with E-state index < -0.39 is 11.8 Å². The first-order valence-corrected chi connectivity index (χ1v) is 8.83. The molecule has 146 valence electrons. The first-order valence-electron chi connectivity index (χ1n) is 8.83. The van der Waals surface area contributed by atoms with Gasteiger partial charge in [0.2, 0.25) is 0 Å². The minimum Gasteiger partial charge on any atom is -0.496 e. The number of hydrogen-bond acceptors (Lipinski definition) is 6. The molecule has 0 spiro atoms. The fourth-order valence-corrected chi connectivity index (χ4v) is 3.40. The summed E-state index contributed by atoms with van der Waals surface area (Å²) >= 11 is 0. The number of rotatable bonds is 5. The molecule has 4 rings (SSSR count). The molecule has 0 fully saturated rings. The third-order valence-corrected chi connectivity index (χ3v) is 4.81. The lowest BCUT2D eigenvalue weighted by Gasteiger charge is -2.23. The van der Waals surface area contributed by atoms with E-state index >= 15 is 0 Å². The molecule has 0 radical (unpaired) electrons. The lowest BCUT2D eigenvalue weighted by Crippen LogP contribution is -2.36. The second kappa shape index (κ2) is 7.27. The van der Waals surface area contributed by atoms with Crippen LogP contribution in [0.5, 0.6) is 17.2 Å². The lowest BCUT2D eigenvalue weighted by molar-refractivity contribution is 0.0616. The molecule has 0 N–H and O–H groups in total. The standard InChI is InChI=1S/C22H18N2O5/c1-27-14-10-18(28-2)17(19(11-14)29-3)12-23-24-21(25)15-8-4-6-13-7-5-9-16(20(13)15)22(24)26/h4-12H,1-3H3/b23-12-. The smallest absolute Gasteiger partial charge is 0.282 e. The highest BCUT2D eigenvalue weighted by molar-refractivity contribution is 6.25. The van der Waals surface area contributed by atoms with Gasteiger partial charge in [-0.15, -0.1) is 0 Å². The van der Waals surface area contributed by atoms with Gasteiger partial charge < -0.3 is 14.2 Å². The van der Waals surface area contributed by atoms with Crippen LogP contribution < -0.4 is 14.2 Å². The molecule has 1 aliphatic rings. The maximum absolute atomic E-state index is 13.0. The van der Waals surface area contributed by atoms with Crippen molar-refractivity contribution in [2.75, 3.05) is 21.3 Å². The number of nitrogens with zero attached hydrogens (tertiary/aromatic N) is 2. The summed E-state index contributed by atoms with van der Waals surface area (Å²) in [5.74, 6) is 0.444. The predicted octanol–water partition coefficient (Wildman–Crippen LogP) is 3.50. The third kappa shape index (κ3) is 2.97. The van der Waals surface area contributed by atoms with Crippen LogP contribution in [0.25, 0.3) is 10.8 Å². The van der Waals surface area contributed by atoms with E-state index in [9.17, 15) is 9.59 Å². The summed E-state index contributed by atoms with van der Waals surface area (Å²) in [5, 5.41) is 6.53. The Bertz CT molecular complexity index is 1090. The van der Waals surface area contributed by atoms with Crippen LogP contribution >= 0.6 is 0 Å². The summed E-state index contributed by atoms with van der Waals surface area (Å²) in [7, 11) is 4.53. The van der Waals surface area contributed by atoms with E-state index in [2.05, 4.69) is 5.10 Å². The quantitative estimate of drug-likeness (QED) is 0.492. The Kier molecular flexibility index (Phi) is 4.64. The zero-order valence-electron chi connectivity index (χ0n) is 16.1. The predicted molar refractivity (Wildman–Crippen MR) is 108 cm³/mol. The Hall–Kier alpha value is -3.87. The highest BCUT2D eigenvalue weighted by Crippen LogP contribution is 2.34. The van der Waals surface area contributed by atoms with Gasteiger partial charge >= 0.3 is 0 Å². The SMILES string of the molecule is COc1cc(OC)c(/C=N\N2C(=O)c3cccc4cccc(c34)C2=O)c(OC)c1. The minimum atomic E-state index is -0.484. The van der Waals surface area contributed by atoms with E-state index in [1.54, 1.807) is 36.4 Å². The second-order valence-corrected chi connectivity index (χ2v) is 6.32. The zero-order valence-corrected chi connectivity index (χ0v) is 16.1. The number of methoxy groups -OCH3 is 3. The highest BCUT2D eigenvalue weighted by atomic mass is 16.5. The summed E-state index contributed by atoms with van der Waals surface area (Å²) in [4.78, 5) is 25.9. The maximum atomic E-state index is 13.0. The Morgan fingerprint density at radius 3 is 1.86 bits per heavy atom. The first kappa shape index (κ1) is 18.5. The first-order chi connectivity index (χ1) is 14.1. The van der Waals surface area contributed by atoms with Gasteiger partial charge in [-0.1, -0.05) is 24.3 Å². The third-order valence-electron chi connectivity index (χ3n) is 4.81. The number of carbonyl (C=O) groups is 2. The average molecular weight is 390 g/mol. The summed E-state index contributed by atoms with van der Waals surface area (Å²) in [5.41, 5.74) is 1.35. The summed E-state index contributed by atoms with van der Waals surface area (Å²) < 4.78 is 16.0. The van der Waals surface area contributed by atoms with Gasteiger partial charge in [0.25, 0.3) is 11.8 Å². The van der Waals surface area contributed by atoms with Gasteiger partial charge in [0.05, 0.1) is 44.2 Å². The molecule has 3 aromatic rings. The van der Waals surface area contributed by atoms with E-state index in [-0.39, 0.29) is 0 Å². The van der Waals surface area contributed by atoms with Crippen molar-refractivity contribution in [2.24, 2.45) is 5.10 Å². The molecule has 0 unspecified atom stereocenters. The van der Waals surface area contributed by atoms with Crippen molar-refractivity contribution in [1.29, 1.82) is 0 Å². The molecule has 0 bridgehead atoms. The normalized spacial score (nSPS) is 13.3. The van der Waals surface area contributed by atoms with Crippen LogP contribution in [0.3, 0.4) is 0 Å². The molecule has 0 aromatic heterocycles. The molecule has 7 heteroatoms. The summed E-state index contributed by atoms with van der Waals surface area (Å²) in [6.07, 6.45) is 1.38. The van der Waals surface area contributed by atoms with Crippen molar-refractivity contribution in [2.45, 2.75) is 0 Å². The molecule has 29 heavy (non-hydrogen) atoms. The highest BCUT2D eigenvalue weighted by Gasteiger charge is 2.32. The van der Waals surface area contributed by atoms with Crippen molar-refractivity contribution < 1.29 is 23.8 Å². The number of amides is 2. The van der Waals surface area contributed by atoms with E-state index in [0.29, 0.717) is 39.3 Å². The van der Waals surface area contributed by atoms with Crippen LogP contribution in [-0.2, 0) is 0 Å². The molecule has 3 aromatic carbocycles. The van der Waals surface area contributed by atoms with E-state index in [4.69, 9.17) is 14.2 Å². The number of benzene rings is 3. The van der Waals surface area contributed by atoms with Crippen molar-refractivity contribution in [3.05, 3.63) is 65.2 Å². The van der Waals surface area contributed by atoms with Gasteiger partial charge in [0.1, 0.15) is 17.2 Å². The summed E-state index contributed by atoms with van der Waals surface area (Å²) in [6.45, 7) is 0. The van der Waals surface area contributed by atoms with Gasteiger partial charge in [-0.2, -0.15) is 10.1 Å². The Morgan fingerprint density at radius 2 is 1.38 bits per heavy atom. The Balaban J connectivity index is 1.79. The van der Waals surface area contributed by atoms with Gasteiger partial charge in [-0.05, 0) is 17.5 Å². The fourth-order valence-electron chi connectivity index (χ4n) is 3.40. The van der Waals surface area contributed by atoms with Gasteiger partial charge in [-0.25, -0.2) is 0 Å². The number of hydrazone groups is 1. The number of hydrogen-bond donors (Lipinski definition) is 0. The van der Waals surface area contributed by atoms with Gasteiger partial charge in [0.15, 0.2) is 0 Å². The van der Waals surface area contributed by atoms with Crippen molar-refractivity contribution >= 4 is 28.8 Å². The van der Waals surface area contributed by atoms with E-state index in [0.717, 1.165) is 10.4 Å². The minimum absolute atomic E-state index is 0.434. The van der Waals surface area contributed by atoms with Crippen molar-refractivity contribution in [3.63, 3.8) is 0 Å². The number of ether oxygens (including phenoxy) is 3. The number of imide groups is 1. The van der Waals surface area contributed by atoms with Crippen molar-refractivity contribution in [3.8, 4) is 17.2 Å². The van der Waals surface area contributed by atoms with Crippen LogP contribution in [0, 0.1) is 0 Å². The number of carbonyl (C=O) groups excluding carboxylic acids is 2. The molecular weight excluding hydrogens is 372 g/mol. The molecule has 0 atom stereocenters. The maximum Gasteiger partial charge on any atom is 0.282 e. The van der Waals surface area contributed by atoms with E-state index in [1.165, 1.54) is 27.5 Å². The average Bonchev–Trinajstić information content (AvgIpc) is 2.76. The van der Waals surface area contributed by atoms with Gasteiger partial charge in [0, 0.05) is 17.5 Å². The molecule has 2 amide bonds. The van der Waals surface area contributed by atoms with Crippen LogP contribution in [0.4, 0.5) is 0 Å². The largest absolute Gasteiger partial charge is 0.496 e. The van der Waals surface area contributed by atoms with Crippen LogP contribution in [0.15, 0.2) is 53.6 Å². The monoisotopic (exact) mass is 390 g/mol. The van der Waals surface area contributed by atoms with E-state index in [1.807, 2.05) is 12.1 Å². The molecule has 0 aliphatic carbocycles. The van der Waals surface area contributed by atoms with Crippen LogP contribution in [0.1, 0.15) is 26.3 Å². The molecule has 7 nitrogen and oxygen atoms in total. The Morgan fingerprint density at radius 1 is 0.828 bits per heavy atom. The summed E-state index contributed by atoms with van der Waals surface area (Å²) in [6, 6.07) is 14.0. The topological polar surface area (TPSA) is 77.4 Å². The second-order valence-electron chi connectivity index (χ2n) is 6.32. The van der Waals surface area contributed by atoms with Gasteiger partial charge in [-0.3, -0.25) is 9.59 Å². The van der Waals surface area contributed by atoms with Crippen LogP contribution in [0.2, 0.25) is 0 Å². The van der Waals surface area contributed by atoms with Crippen LogP contribution in [-0.4, -0.2) is 44.4 Å². The van der Waals surface area contributed by atoms with Crippen molar-refractivity contribution in [1.82, 2.24) is 5.01 Å². The zero-order chi connectivity index (χ0) is 20.5.